The first-order valence-corrected chi connectivity index (χ1v) is 13.7. The molecule has 0 spiro atoms. The van der Waals surface area contributed by atoms with Crippen molar-refractivity contribution in [1.29, 1.82) is 0 Å². The van der Waals surface area contributed by atoms with Crippen LogP contribution in [-0.2, 0) is 21.0 Å². The molecule has 1 aliphatic rings. The highest BCUT2D eigenvalue weighted by molar-refractivity contribution is 7.97. The molecule has 172 valence electrons. The fraction of sp³-hybridized carbons (Fsp3) is 0.120. The predicted molar refractivity (Wildman–Crippen MR) is 137 cm³/mol. The van der Waals surface area contributed by atoms with Gasteiger partial charge in [-0.25, -0.2) is 8.42 Å². The van der Waals surface area contributed by atoms with Gasteiger partial charge in [0.1, 0.15) is 10.1 Å². The van der Waals surface area contributed by atoms with Gasteiger partial charge in [-0.1, -0.05) is 89.4 Å². The van der Waals surface area contributed by atoms with Crippen LogP contribution >= 0.6 is 34.8 Å². The quantitative estimate of drug-likeness (QED) is 0.200. The molecular formula is C25H21Cl3O3S2. The van der Waals surface area contributed by atoms with Gasteiger partial charge in [-0.15, -0.1) is 0 Å². The maximum atomic E-state index is 10.7. The van der Waals surface area contributed by atoms with E-state index in [1.54, 1.807) is 0 Å². The number of allylic oxidation sites excluding steroid dienone is 3. The van der Waals surface area contributed by atoms with Crippen LogP contribution in [0.1, 0.15) is 12.0 Å². The van der Waals surface area contributed by atoms with Gasteiger partial charge in [-0.2, -0.15) is 0 Å². The van der Waals surface area contributed by atoms with Gasteiger partial charge in [-0.05, 0) is 49.4 Å². The van der Waals surface area contributed by atoms with Crippen LogP contribution in [0.15, 0.2) is 122 Å². The molecule has 0 radical (unpaired) electrons. The van der Waals surface area contributed by atoms with E-state index in [1.165, 1.54) is 26.3 Å². The molecule has 1 atom stereocenters. The average Bonchev–Trinajstić information content (AvgIpc) is 2.79. The monoisotopic (exact) mass is 538 g/mol. The number of aryl methyl sites for hydroxylation is 1. The second kappa shape index (κ2) is 11.1. The number of hydrogen-bond acceptors (Lipinski definition) is 3. The van der Waals surface area contributed by atoms with E-state index >= 15 is 0 Å². The lowest BCUT2D eigenvalue weighted by Crippen LogP contribution is -2.31. The average molecular weight is 540 g/mol. The van der Waals surface area contributed by atoms with Crippen molar-refractivity contribution in [3.05, 3.63) is 113 Å². The maximum Gasteiger partial charge on any atom is 0.169 e. The van der Waals surface area contributed by atoms with Gasteiger partial charge < -0.3 is 4.55 Å². The molecule has 0 fully saturated rings. The molecule has 0 aliphatic heterocycles. The summed E-state index contributed by atoms with van der Waals surface area (Å²) in [5.41, 5.74) is 1.35. The van der Waals surface area contributed by atoms with Crippen molar-refractivity contribution in [3.8, 4) is 0 Å². The SMILES string of the molecule is Cc1ccccc1[S+](c1ccccc1)c1ccccc1.O=S(=O)([O-])C1(Cl)C=CC(Cl)=C(Cl)C1. The largest absolute Gasteiger partial charge is 0.746 e. The first kappa shape index (κ1) is 25.9. The summed E-state index contributed by atoms with van der Waals surface area (Å²) in [6, 6.07) is 30.2. The lowest BCUT2D eigenvalue weighted by atomic mass is 10.2. The first-order chi connectivity index (χ1) is 15.6. The van der Waals surface area contributed by atoms with Crippen LogP contribution in [0.25, 0.3) is 0 Å². The van der Waals surface area contributed by atoms with E-state index in [4.69, 9.17) is 34.8 Å². The van der Waals surface area contributed by atoms with Crippen molar-refractivity contribution in [2.45, 2.75) is 32.2 Å². The maximum absolute atomic E-state index is 10.7. The minimum atomic E-state index is -4.63. The van der Waals surface area contributed by atoms with Crippen LogP contribution in [0.5, 0.6) is 0 Å². The molecule has 1 aliphatic carbocycles. The molecule has 4 rings (SSSR count). The summed E-state index contributed by atoms with van der Waals surface area (Å²) in [6.45, 7) is 2.20. The topological polar surface area (TPSA) is 57.2 Å². The van der Waals surface area contributed by atoms with E-state index in [2.05, 4.69) is 91.9 Å². The lowest BCUT2D eigenvalue weighted by Gasteiger charge is -2.28. The summed E-state index contributed by atoms with van der Waals surface area (Å²) >= 11 is 16.7. The summed E-state index contributed by atoms with van der Waals surface area (Å²) in [7, 11) is -4.66. The second-order valence-corrected chi connectivity index (χ2v) is 12.6. The first-order valence-electron chi connectivity index (χ1n) is 9.90. The molecule has 3 aromatic rings. The molecule has 33 heavy (non-hydrogen) atoms. The van der Waals surface area contributed by atoms with Crippen LogP contribution < -0.4 is 0 Å². The Bertz CT molecular complexity index is 1220. The van der Waals surface area contributed by atoms with Gasteiger partial charge in [0.25, 0.3) is 0 Å². The highest BCUT2D eigenvalue weighted by Crippen LogP contribution is 2.39. The summed E-state index contributed by atoms with van der Waals surface area (Å²) in [5.74, 6) is 0. The molecule has 0 saturated heterocycles. The van der Waals surface area contributed by atoms with E-state index < -0.39 is 14.3 Å². The third kappa shape index (κ3) is 6.44. The number of benzene rings is 3. The van der Waals surface area contributed by atoms with Gasteiger partial charge in [0.2, 0.25) is 0 Å². The number of alkyl halides is 1. The van der Waals surface area contributed by atoms with Gasteiger partial charge in [-0.3, -0.25) is 0 Å². The van der Waals surface area contributed by atoms with E-state index in [0.29, 0.717) is 0 Å². The molecule has 0 bridgehead atoms. The Morgan fingerprint density at radius 1 is 0.848 bits per heavy atom. The van der Waals surface area contributed by atoms with Crippen LogP contribution in [0.3, 0.4) is 0 Å². The van der Waals surface area contributed by atoms with Crippen molar-refractivity contribution in [1.82, 2.24) is 0 Å². The van der Waals surface area contributed by atoms with Crippen LogP contribution in [0.2, 0.25) is 0 Å². The molecule has 0 heterocycles. The minimum absolute atomic E-state index is 0.0262. The van der Waals surface area contributed by atoms with Crippen molar-refractivity contribution in [3.63, 3.8) is 0 Å². The molecule has 1 unspecified atom stereocenters. The zero-order chi connectivity index (χ0) is 24.1. The van der Waals surface area contributed by atoms with E-state index in [9.17, 15) is 13.0 Å². The molecule has 0 saturated carbocycles. The van der Waals surface area contributed by atoms with Gasteiger partial charge in [0.05, 0.1) is 15.9 Å². The Labute approximate surface area is 212 Å². The number of halogens is 3. The zero-order valence-electron chi connectivity index (χ0n) is 17.6. The second-order valence-electron chi connectivity index (χ2n) is 7.20. The minimum Gasteiger partial charge on any atom is -0.746 e. The zero-order valence-corrected chi connectivity index (χ0v) is 21.5. The van der Waals surface area contributed by atoms with Crippen molar-refractivity contribution in [2.75, 3.05) is 0 Å². The molecular weight excluding hydrogens is 519 g/mol. The van der Waals surface area contributed by atoms with Crippen LogP contribution in [0.4, 0.5) is 0 Å². The molecule has 0 aromatic heterocycles. The Balaban J connectivity index is 0.000000205. The third-order valence-electron chi connectivity index (χ3n) is 4.82. The highest BCUT2D eigenvalue weighted by atomic mass is 35.5. The highest BCUT2D eigenvalue weighted by Gasteiger charge is 2.35. The van der Waals surface area contributed by atoms with E-state index in [1.807, 2.05) is 0 Å². The van der Waals surface area contributed by atoms with Crippen molar-refractivity contribution in [2.24, 2.45) is 0 Å². The van der Waals surface area contributed by atoms with E-state index in [-0.39, 0.29) is 27.4 Å². The summed E-state index contributed by atoms with van der Waals surface area (Å²) in [6.07, 6.45) is 1.94. The summed E-state index contributed by atoms with van der Waals surface area (Å²) in [4.78, 5) is 4.14. The third-order valence-corrected chi connectivity index (χ3v) is 9.93. The smallest absolute Gasteiger partial charge is 0.169 e. The summed E-state index contributed by atoms with van der Waals surface area (Å²) in [5, 5.41) is 0.264. The van der Waals surface area contributed by atoms with Gasteiger partial charge in [0, 0.05) is 17.0 Å². The fourth-order valence-electron chi connectivity index (χ4n) is 3.10. The Morgan fingerprint density at radius 2 is 1.33 bits per heavy atom. The lowest BCUT2D eigenvalue weighted by molar-refractivity contribution is 0.449. The van der Waals surface area contributed by atoms with Crippen LogP contribution in [0, 0.1) is 6.92 Å². The molecule has 3 aromatic carbocycles. The molecule has 0 amide bonds. The normalized spacial score (nSPS) is 18.1. The molecule has 8 heteroatoms. The van der Waals surface area contributed by atoms with Gasteiger partial charge >= 0.3 is 0 Å². The van der Waals surface area contributed by atoms with Crippen molar-refractivity contribution < 1.29 is 13.0 Å². The number of rotatable bonds is 4. The fourth-order valence-corrected chi connectivity index (χ4v) is 6.65. The van der Waals surface area contributed by atoms with Crippen LogP contribution in [-0.4, -0.2) is 17.2 Å². The standard InChI is InChI=1S/C19H17S.C6H5Cl3O3S/c1-16-10-8-9-15-19(16)20(17-11-4-2-5-12-17)18-13-6-3-7-14-18;7-4-1-2-6(9,3-5(4)8)13(10,11)12/h2-15H,1H3;1-2H,3H2,(H,10,11,12)/q+1;/p-1. The summed E-state index contributed by atoms with van der Waals surface area (Å²) < 4.78 is 30.1. The Morgan fingerprint density at radius 3 is 1.79 bits per heavy atom. The van der Waals surface area contributed by atoms with Crippen molar-refractivity contribution >= 4 is 55.8 Å². The van der Waals surface area contributed by atoms with Gasteiger partial charge in [0.15, 0.2) is 18.9 Å². The molecule has 3 nitrogen and oxygen atoms in total. The Hall–Kier alpha value is -1.73. The Kier molecular flexibility index (Phi) is 8.73. The van der Waals surface area contributed by atoms with E-state index in [0.717, 1.165) is 6.08 Å². The predicted octanol–water partition coefficient (Wildman–Crippen LogP) is 7.21. The number of hydrogen-bond donors (Lipinski definition) is 0. The molecule has 0 N–H and O–H groups in total.